The summed E-state index contributed by atoms with van der Waals surface area (Å²) in [5, 5.41) is 14.3. The lowest BCUT2D eigenvalue weighted by molar-refractivity contribution is -0.138. The Balaban J connectivity index is 1.33. The maximum atomic E-state index is 13.7. The van der Waals surface area contributed by atoms with E-state index in [1.165, 1.54) is 6.33 Å². The van der Waals surface area contributed by atoms with Gasteiger partial charge in [-0.1, -0.05) is 12.1 Å². The van der Waals surface area contributed by atoms with Gasteiger partial charge < -0.3 is 25.6 Å². The van der Waals surface area contributed by atoms with E-state index in [1.807, 2.05) is 22.8 Å². The van der Waals surface area contributed by atoms with Crippen molar-refractivity contribution in [3.05, 3.63) is 52.9 Å². The summed E-state index contributed by atoms with van der Waals surface area (Å²) in [4.78, 5) is 41.4. The van der Waals surface area contributed by atoms with Crippen molar-refractivity contribution in [1.29, 1.82) is 0 Å². The molecule has 2 aliphatic rings. The largest absolute Gasteiger partial charge is 0.389 e. The molecular formula is C25H24BrN7O3. The molecule has 2 amide bonds. The van der Waals surface area contributed by atoms with Crippen LogP contribution in [0.2, 0.25) is 0 Å². The van der Waals surface area contributed by atoms with Gasteiger partial charge in [0.1, 0.15) is 40.8 Å². The normalized spacial score (nSPS) is 21.5. The van der Waals surface area contributed by atoms with Crippen LogP contribution in [0.4, 0.5) is 11.6 Å². The fraction of sp³-hybridized carbons (Fsp3) is 0.320. The molecule has 2 fully saturated rings. The lowest BCUT2D eigenvalue weighted by atomic mass is 10.1. The molecule has 11 heteroatoms. The summed E-state index contributed by atoms with van der Waals surface area (Å²) in [6.45, 7) is 1.70. The number of hydrogen-bond donors (Lipinski definition) is 3. The van der Waals surface area contributed by atoms with Crippen LogP contribution in [-0.4, -0.2) is 53.4 Å². The SMILES string of the molecule is CC(O)c1ccc2c(c1)c1c(N)ncnc1n2CC(=O)N1C(C(=O)Nc2cccc(Br)n2)CC2CC21. The summed E-state index contributed by atoms with van der Waals surface area (Å²) < 4.78 is 2.44. The number of nitrogens with one attached hydrogen (secondary N) is 1. The van der Waals surface area contributed by atoms with Crippen LogP contribution in [0.5, 0.6) is 0 Å². The van der Waals surface area contributed by atoms with Gasteiger partial charge in [-0.15, -0.1) is 0 Å². The molecule has 4 atom stereocenters. The number of aromatic nitrogens is 4. The number of pyridine rings is 1. The minimum Gasteiger partial charge on any atom is -0.389 e. The number of carbonyl (C=O) groups excluding carboxylic acids is 2. The second kappa shape index (κ2) is 8.52. The molecule has 4 unspecified atom stereocenters. The van der Waals surface area contributed by atoms with Crippen molar-refractivity contribution in [1.82, 2.24) is 24.4 Å². The van der Waals surface area contributed by atoms with Crippen LogP contribution in [0.3, 0.4) is 0 Å². The van der Waals surface area contributed by atoms with Gasteiger partial charge in [0.15, 0.2) is 0 Å². The van der Waals surface area contributed by atoms with E-state index in [1.54, 1.807) is 30.0 Å². The molecule has 6 rings (SSSR count). The van der Waals surface area contributed by atoms with Crippen LogP contribution in [0.15, 0.2) is 47.3 Å². The van der Waals surface area contributed by atoms with Crippen LogP contribution >= 0.6 is 15.9 Å². The highest BCUT2D eigenvalue weighted by atomic mass is 79.9. The van der Waals surface area contributed by atoms with Gasteiger partial charge in [-0.05, 0) is 71.4 Å². The third-order valence-corrected chi connectivity index (χ3v) is 7.57. The zero-order valence-corrected chi connectivity index (χ0v) is 21.0. The number of nitrogens with zero attached hydrogens (tertiary/aromatic N) is 5. The number of benzene rings is 1. The molecule has 0 spiro atoms. The number of nitrogens with two attached hydrogens (primary N) is 1. The van der Waals surface area contributed by atoms with Gasteiger partial charge in [0.05, 0.1) is 17.0 Å². The summed E-state index contributed by atoms with van der Waals surface area (Å²) in [5.74, 6) is 0.686. The van der Waals surface area contributed by atoms with Crippen LogP contribution in [-0.2, 0) is 16.1 Å². The number of likely N-dealkylation sites (tertiary alicyclic amines) is 1. The van der Waals surface area contributed by atoms with Gasteiger partial charge in [0, 0.05) is 11.4 Å². The summed E-state index contributed by atoms with van der Waals surface area (Å²) >= 11 is 3.31. The van der Waals surface area contributed by atoms with E-state index < -0.39 is 12.1 Å². The molecule has 4 heterocycles. The number of aliphatic hydroxyl groups is 1. The van der Waals surface area contributed by atoms with Crippen LogP contribution < -0.4 is 11.1 Å². The predicted octanol–water partition coefficient (Wildman–Crippen LogP) is 3.01. The molecule has 184 valence electrons. The number of rotatable bonds is 5. The van der Waals surface area contributed by atoms with Gasteiger partial charge in [-0.2, -0.15) is 0 Å². The van der Waals surface area contributed by atoms with E-state index in [0.717, 1.165) is 22.9 Å². The lowest BCUT2D eigenvalue weighted by Crippen LogP contribution is -2.46. The summed E-state index contributed by atoms with van der Waals surface area (Å²) in [7, 11) is 0. The molecule has 3 aromatic heterocycles. The number of carbonyl (C=O) groups is 2. The zero-order valence-electron chi connectivity index (χ0n) is 19.4. The van der Waals surface area contributed by atoms with E-state index >= 15 is 0 Å². The topological polar surface area (TPSA) is 139 Å². The second-order valence-electron chi connectivity index (χ2n) is 9.45. The van der Waals surface area contributed by atoms with E-state index in [0.29, 0.717) is 39.6 Å². The average Bonchev–Trinajstić information content (AvgIpc) is 3.39. The van der Waals surface area contributed by atoms with Crippen molar-refractivity contribution in [3.8, 4) is 0 Å². The first-order valence-corrected chi connectivity index (χ1v) is 12.6. The number of fused-ring (bicyclic) bond motifs is 4. The molecule has 1 aliphatic heterocycles. The Morgan fingerprint density at radius 3 is 2.86 bits per heavy atom. The monoisotopic (exact) mass is 549 g/mol. The summed E-state index contributed by atoms with van der Waals surface area (Å²) in [6, 6.07) is 10.3. The summed E-state index contributed by atoms with van der Waals surface area (Å²) in [5.41, 5.74) is 8.24. The molecular weight excluding hydrogens is 526 g/mol. The number of nitrogen functional groups attached to an aromatic ring is 1. The number of hydrogen-bond acceptors (Lipinski definition) is 7. The standard InChI is InChI=1S/C25H24BrN7O3/c1-12(34)13-5-6-16-15(7-13)22-23(27)28-11-29-24(22)32(16)10-21(35)33-17-8-14(17)9-18(33)25(36)31-20-4-2-3-19(26)30-20/h2-7,11-12,14,17-18,34H,8-10H2,1H3,(H2,27,28,29)(H,30,31,36). The van der Waals surface area contributed by atoms with Crippen LogP contribution in [0.1, 0.15) is 31.4 Å². The number of halogens is 1. The molecule has 10 nitrogen and oxygen atoms in total. The van der Waals surface area contributed by atoms with Gasteiger partial charge in [-0.25, -0.2) is 15.0 Å². The molecule has 1 aromatic carbocycles. The fourth-order valence-electron chi connectivity index (χ4n) is 5.33. The molecule has 36 heavy (non-hydrogen) atoms. The highest BCUT2D eigenvalue weighted by Crippen LogP contribution is 2.48. The molecule has 0 bridgehead atoms. The quantitative estimate of drug-likeness (QED) is 0.325. The second-order valence-corrected chi connectivity index (χ2v) is 10.3. The van der Waals surface area contributed by atoms with E-state index in [4.69, 9.17) is 5.73 Å². The van der Waals surface area contributed by atoms with Crippen LogP contribution in [0.25, 0.3) is 21.9 Å². The maximum absolute atomic E-state index is 13.7. The molecule has 4 aromatic rings. The third-order valence-electron chi connectivity index (χ3n) is 7.13. The minimum absolute atomic E-state index is 0.00656. The molecule has 0 radical (unpaired) electrons. The third kappa shape index (κ3) is 3.79. The smallest absolute Gasteiger partial charge is 0.248 e. The van der Waals surface area contributed by atoms with E-state index in [2.05, 4.69) is 36.2 Å². The van der Waals surface area contributed by atoms with Gasteiger partial charge in [0.25, 0.3) is 0 Å². The average molecular weight is 550 g/mol. The van der Waals surface area contributed by atoms with E-state index in [9.17, 15) is 14.7 Å². The van der Waals surface area contributed by atoms with Gasteiger partial charge >= 0.3 is 0 Å². The Morgan fingerprint density at radius 1 is 1.25 bits per heavy atom. The van der Waals surface area contributed by atoms with Gasteiger partial charge in [0.2, 0.25) is 11.8 Å². The van der Waals surface area contributed by atoms with Crippen molar-refractivity contribution in [2.24, 2.45) is 5.92 Å². The highest BCUT2D eigenvalue weighted by molar-refractivity contribution is 9.10. The maximum Gasteiger partial charge on any atom is 0.248 e. The Morgan fingerprint density at radius 2 is 2.08 bits per heavy atom. The van der Waals surface area contributed by atoms with Crippen molar-refractivity contribution in [2.75, 3.05) is 11.1 Å². The fourth-order valence-corrected chi connectivity index (χ4v) is 5.67. The first-order chi connectivity index (χ1) is 17.3. The van der Waals surface area contributed by atoms with Gasteiger partial charge in [-0.3, -0.25) is 9.59 Å². The highest BCUT2D eigenvalue weighted by Gasteiger charge is 2.56. The van der Waals surface area contributed by atoms with Crippen LogP contribution in [0, 0.1) is 5.92 Å². The number of piperidine rings is 1. The van der Waals surface area contributed by atoms with E-state index in [-0.39, 0.29) is 24.4 Å². The summed E-state index contributed by atoms with van der Waals surface area (Å²) in [6.07, 6.45) is 2.26. The molecule has 1 saturated carbocycles. The lowest BCUT2D eigenvalue weighted by Gasteiger charge is -2.27. The van der Waals surface area contributed by atoms with Crippen molar-refractivity contribution in [3.63, 3.8) is 0 Å². The predicted molar refractivity (Wildman–Crippen MR) is 138 cm³/mol. The first-order valence-electron chi connectivity index (χ1n) is 11.8. The molecule has 1 saturated heterocycles. The number of aliphatic hydroxyl groups excluding tert-OH is 1. The van der Waals surface area contributed by atoms with Crippen molar-refractivity contribution < 1.29 is 14.7 Å². The zero-order chi connectivity index (χ0) is 25.1. The molecule has 4 N–H and O–H groups in total. The Labute approximate surface area is 214 Å². The minimum atomic E-state index is -0.657. The number of amides is 2. The molecule has 1 aliphatic carbocycles. The Bertz CT molecular complexity index is 1540. The first kappa shape index (κ1) is 22.9. The Kier molecular flexibility index (Phi) is 5.41. The van der Waals surface area contributed by atoms with Crippen molar-refractivity contribution in [2.45, 2.75) is 44.5 Å². The number of anilines is 2. The van der Waals surface area contributed by atoms with Crippen molar-refractivity contribution >= 4 is 61.3 Å². The Hall–Kier alpha value is -3.57.